The molecule has 2 saturated carbocycles. The summed E-state index contributed by atoms with van der Waals surface area (Å²) in [6.45, 7) is 8.27. The SMILES string of the molecule is CC(=O)N[C@H](CCC(=O)O)C(=O)N[C@@H](CC(C)C)C(=O)N[C@@H](CCC(=O)O)C(=O)N[C@@H](CC1CCCCC1)C(=O)N[C@@H](CS)C(=O)N1CCC[C@H]1C(=O)N[C@@H](CC1CCCCC1)C(=O)N[C@@H](CC(=O)O)C(=O)N[C@@H](CC(C)C)C(N)=O. The Morgan fingerprint density at radius 1 is 0.481 bits per heavy atom. The second-order valence-corrected chi connectivity index (χ2v) is 23.0. The number of likely N-dealkylation sites (tertiary alicyclic amines) is 1. The highest BCUT2D eigenvalue weighted by atomic mass is 32.1. The van der Waals surface area contributed by atoms with Gasteiger partial charge >= 0.3 is 17.9 Å². The molecule has 81 heavy (non-hydrogen) atoms. The number of carboxylic acid groups (broad SMARTS) is 3. The minimum Gasteiger partial charge on any atom is -0.481 e. The number of hydrogen-bond donors (Lipinski definition) is 13. The third-order valence-electron chi connectivity index (χ3n) is 14.8. The summed E-state index contributed by atoms with van der Waals surface area (Å²) in [4.78, 5) is 173. The van der Waals surface area contributed by atoms with E-state index in [1.807, 2.05) is 0 Å². The van der Waals surface area contributed by atoms with E-state index in [9.17, 15) is 77.6 Å². The van der Waals surface area contributed by atoms with Crippen LogP contribution in [0.4, 0.5) is 0 Å². The fourth-order valence-corrected chi connectivity index (χ4v) is 10.9. The minimum atomic E-state index is -1.66. The maximum Gasteiger partial charge on any atom is 0.305 e. The molecular formula is C54H88N10O16S. The average Bonchev–Trinajstić information content (AvgIpc) is 3.97. The van der Waals surface area contributed by atoms with E-state index in [1.54, 1.807) is 27.7 Å². The third-order valence-corrected chi connectivity index (χ3v) is 15.2. The molecule has 0 radical (unpaired) electrons. The highest BCUT2D eigenvalue weighted by Crippen LogP contribution is 2.29. The van der Waals surface area contributed by atoms with Crippen LogP contribution >= 0.6 is 12.6 Å². The number of nitrogens with one attached hydrogen (secondary N) is 8. The summed E-state index contributed by atoms with van der Waals surface area (Å²) in [6, 6.07) is -12.2. The quantitative estimate of drug-likeness (QED) is 0.0391. The molecule has 456 valence electrons. The van der Waals surface area contributed by atoms with Gasteiger partial charge < -0.3 is 68.5 Å². The lowest BCUT2D eigenvalue weighted by atomic mass is 9.84. The second-order valence-electron chi connectivity index (χ2n) is 22.7. The average molecular weight is 1170 g/mol. The van der Waals surface area contributed by atoms with Gasteiger partial charge in [-0.05, 0) is 75.0 Å². The van der Waals surface area contributed by atoms with E-state index in [2.05, 4.69) is 55.2 Å². The summed E-state index contributed by atoms with van der Waals surface area (Å²) in [7, 11) is 0. The summed E-state index contributed by atoms with van der Waals surface area (Å²) in [5.74, 6) is -12.9. The van der Waals surface area contributed by atoms with Crippen LogP contribution in [-0.2, 0) is 62.3 Å². The van der Waals surface area contributed by atoms with Crippen molar-refractivity contribution in [1.29, 1.82) is 0 Å². The topological polar surface area (TPSA) is 408 Å². The summed E-state index contributed by atoms with van der Waals surface area (Å²) < 4.78 is 0. The molecule has 3 rings (SSSR count). The van der Waals surface area contributed by atoms with Gasteiger partial charge in [0.15, 0.2) is 0 Å². The van der Waals surface area contributed by atoms with Crippen LogP contribution in [0.3, 0.4) is 0 Å². The van der Waals surface area contributed by atoms with Crippen molar-refractivity contribution in [2.45, 2.75) is 224 Å². The van der Waals surface area contributed by atoms with Crippen LogP contribution in [0.2, 0.25) is 0 Å². The largest absolute Gasteiger partial charge is 0.481 e. The zero-order valence-electron chi connectivity index (χ0n) is 47.4. The Balaban J connectivity index is 1.88. The second kappa shape index (κ2) is 34.7. The van der Waals surface area contributed by atoms with Crippen LogP contribution in [-0.4, -0.2) is 164 Å². The maximum absolute atomic E-state index is 14.5. The van der Waals surface area contributed by atoms with Crippen molar-refractivity contribution in [3.8, 4) is 0 Å². The molecule has 0 aromatic heterocycles. The number of rotatable bonds is 34. The van der Waals surface area contributed by atoms with Gasteiger partial charge in [-0.15, -0.1) is 0 Å². The zero-order valence-corrected chi connectivity index (χ0v) is 48.3. The molecule has 0 aromatic carbocycles. The minimum absolute atomic E-state index is 0.00728. The molecule has 1 aliphatic heterocycles. The molecular weight excluding hydrogens is 1080 g/mol. The highest BCUT2D eigenvalue weighted by Gasteiger charge is 2.41. The number of carbonyl (C=O) groups is 13. The van der Waals surface area contributed by atoms with Gasteiger partial charge in [-0.3, -0.25) is 62.3 Å². The Morgan fingerprint density at radius 3 is 1.33 bits per heavy atom. The van der Waals surface area contributed by atoms with E-state index < -0.39 is 157 Å². The molecule has 0 aromatic rings. The summed E-state index contributed by atoms with van der Waals surface area (Å²) in [5.41, 5.74) is 5.52. The number of thiol groups is 1. The fourth-order valence-electron chi connectivity index (χ4n) is 10.7. The van der Waals surface area contributed by atoms with Crippen LogP contribution in [0.5, 0.6) is 0 Å². The standard InChI is InChI=1S/C54H88N10O16S/c1-29(2)23-36(46(55)72)58-52(78)40(27-45(70)71)61-50(76)39(26-33-15-10-7-11-16-33)62-53(79)42-17-12-22-64(42)54(80)41(28-81)63-51(77)38(25-32-13-8-6-9-14-32)60-48(74)35(19-21-44(68)69)57-49(75)37(24-30(3)4)59-47(73)34(56-31(5)65)18-20-43(66)67/h29-30,32-42,81H,6-28H2,1-5H3,(H2,55,72)(H,56,65)(H,57,75)(H,58,78)(H,59,73)(H,60,74)(H,61,76)(H,62,79)(H,63,77)(H,66,67)(H,68,69)(H,70,71)/t34-,35+,36+,37+,38+,39+,40+,41+,42+/m1/s1. The van der Waals surface area contributed by atoms with Crippen LogP contribution in [0.15, 0.2) is 0 Å². The molecule has 0 bridgehead atoms. The van der Waals surface area contributed by atoms with Crippen molar-refractivity contribution in [2.75, 3.05) is 12.3 Å². The third kappa shape index (κ3) is 24.6. The van der Waals surface area contributed by atoms with Gasteiger partial charge in [0, 0.05) is 32.1 Å². The van der Waals surface area contributed by atoms with Crippen molar-refractivity contribution >= 4 is 89.6 Å². The number of nitrogens with two attached hydrogens (primary N) is 1. The Morgan fingerprint density at radius 2 is 0.877 bits per heavy atom. The fraction of sp³-hybridized carbons (Fsp3) is 0.759. The van der Waals surface area contributed by atoms with Crippen LogP contribution in [0, 0.1) is 23.7 Å². The molecule has 1 heterocycles. The maximum atomic E-state index is 14.5. The molecule has 10 amide bonds. The number of primary amides is 1. The zero-order chi connectivity index (χ0) is 60.5. The predicted octanol–water partition coefficient (Wildman–Crippen LogP) is 0.528. The van der Waals surface area contributed by atoms with Crippen molar-refractivity contribution in [3.63, 3.8) is 0 Å². The first-order valence-electron chi connectivity index (χ1n) is 28.4. The number of hydrogen-bond acceptors (Lipinski definition) is 14. The lowest BCUT2D eigenvalue weighted by Gasteiger charge is -2.32. The van der Waals surface area contributed by atoms with E-state index in [0.717, 1.165) is 58.3 Å². The first-order valence-corrected chi connectivity index (χ1v) is 29.1. The number of aliphatic carboxylic acids is 3. The summed E-state index contributed by atoms with van der Waals surface area (Å²) in [6.07, 6.45) is 6.46. The van der Waals surface area contributed by atoms with Crippen molar-refractivity contribution in [1.82, 2.24) is 47.4 Å². The Bertz CT molecular complexity index is 2220. The van der Waals surface area contributed by atoms with E-state index in [0.29, 0.717) is 19.3 Å². The lowest BCUT2D eigenvalue weighted by Crippen LogP contribution is -2.61. The number of nitrogens with zero attached hydrogens (tertiary/aromatic N) is 1. The van der Waals surface area contributed by atoms with Crippen LogP contribution < -0.4 is 48.3 Å². The Labute approximate surface area is 478 Å². The highest BCUT2D eigenvalue weighted by molar-refractivity contribution is 7.80. The van der Waals surface area contributed by atoms with Gasteiger partial charge in [0.2, 0.25) is 59.1 Å². The monoisotopic (exact) mass is 1160 g/mol. The first kappa shape index (κ1) is 68.7. The molecule has 1 saturated heterocycles. The van der Waals surface area contributed by atoms with E-state index in [4.69, 9.17) is 5.73 Å². The Kier molecular flexibility index (Phi) is 29.4. The number of amides is 10. The number of carboxylic acids is 3. The molecule has 3 aliphatic rings. The van der Waals surface area contributed by atoms with Crippen LogP contribution in [0.1, 0.15) is 169 Å². The van der Waals surface area contributed by atoms with Gasteiger partial charge in [-0.2, -0.15) is 12.6 Å². The van der Waals surface area contributed by atoms with Gasteiger partial charge in [0.1, 0.15) is 54.4 Å². The molecule has 2 aliphatic carbocycles. The molecule has 0 unspecified atom stereocenters. The van der Waals surface area contributed by atoms with E-state index in [-0.39, 0.29) is 74.5 Å². The Hall–Kier alpha value is -6.54. The molecule has 3 fully saturated rings. The normalized spacial score (nSPS) is 18.8. The summed E-state index contributed by atoms with van der Waals surface area (Å²) >= 11 is 4.40. The molecule has 9 atom stereocenters. The van der Waals surface area contributed by atoms with E-state index >= 15 is 0 Å². The van der Waals surface area contributed by atoms with Gasteiger partial charge in [-0.25, -0.2) is 0 Å². The molecule has 27 heteroatoms. The van der Waals surface area contributed by atoms with Gasteiger partial charge in [0.05, 0.1) is 6.42 Å². The molecule has 13 N–H and O–H groups in total. The predicted molar refractivity (Wildman–Crippen MR) is 296 cm³/mol. The van der Waals surface area contributed by atoms with E-state index in [1.165, 1.54) is 4.90 Å². The first-order chi connectivity index (χ1) is 38.2. The lowest BCUT2D eigenvalue weighted by molar-refractivity contribution is -0.143. The van der Waals surface area contributed by atoms with Crippen LogP contribution in [0.25, 0.3) is 0 Å². The molecule has 0 spiro atoms. The van der Waals surface area contributed by atoms with Crippen molar-refractivity contribution in [2.24, 2.45) is 29.4 Å². The van der Waals surface area contributed by atoms with Gasteiger partial charge in [0.25, 0.3) is 0 Å². The molecule has 26 nitrogen and oxygen atoms in total. The van der Waals surface area contributed by atoms with Crippen molar-refractivity contribution < 1.29 is 77.6 Å². The number of carbonyl (C=O) groups excluding carboxylic acids is 10. The smallest absolute Gasteiger partial charge is 0.305 e. The van der Waals surface area contributed by atoms with Crippen molar-refractivity contribution in [3.05, 3.63) is 0 Å². The summed E-state index contributed by atoms with van der Waals surface area (Å²) in [5, 5.41) is 49.1. The van der Waals surface area contributed by atoms with Gasteiger partial charge in [-0.1, -0.05) is 91.9 Å².